The van der Waals surface area contributed by atoms with Crippen LogP contribution in [0.2, 0.25) is 0 Å². The molecule has 2 N–H and O–H groups in total. The molecule has 2 fully saturated rings. The quantitative estimate of drug-likeness (QED) is 0.769. The highest BCUT2D eigenvalue weighted by atomic mass is 16.3. The van der Waals surface area contributed by atoms with E-state index in [-0.39, 0.29) is 6.61 Å². The van der Waals surface area contributed by atoms with Crippen molar-refractivity contribution in [2.75, 3.05) is 45.9 Å². The van der Waals surface area contributed by atoms with Crippen LogP contribution in [0.3, 0.4) is 0 Å². The van der Waals surface area contributed by atoms with Crippen LogP contribution in [-0.4, -0.2) is 66.0 Å². The topological polar surface area (TPSA) is 60.1 Å². The van der Waals surface area contributed by atoms with Gasteiger partial charge in [-0.2, -0.15) is 0 Å². The summed E-state index contributed by atoms with van der Waals surface area (Å²) in [7, 11) is 0. The van der Waals surface area contributed by atoms with Gasteiger partial charge >= 0.3 is 0 Å². The van der Waals surface area contributed by atoms with Crippen molar-refractivity contribution < 1.29 is 14.6 Å². The Hall–Kier alpha value is -1.66. The Bertz CT molecular complexity index is 725. The van der Waals surface area contributed by atoms with Crippen LogP contribution in [0.15, 0.2) is 47.1 Å². The maximum atomic E-state index is 9.91. The Kier molecular flexibility index (Phi) is 6.47. The molecule has 0 saturated carbocycles. The molecular formula is C23H32N2O3. The van der Waals surface area contributed by atoms with E-state index in [1.54, 1.807) is 6.26 Å². The fourth-order valence-electron chi connectivity index (χ4n) is 4.79. The van der Waals surface area contributed by atoms with Gasteiger partial charge < -0.3 is 19.5 Å². The van der Waals surface area contributed by atoms with Gasteiger partial charge in [-0.25, -0.2) is 0 Å². The average molecular weight is 385 g/mol. The Labute approximate surface area is 167 Å². The van der Waals surface area contributed by atoms with Crippen LogP contribution in [-0.2, 0) is 6.54 Å². The Morgan fingerprint density at radius 2 is 1.75 bits per heavy atom. The van der Waals surface area contributed by atoms with Gasteiger partial charge in [-0.3, -0.25) is 4.90 Å². The molecule has 0 spiro atoms. The molecule has 2 aromatic rings. The fraction of sp³-hybridized carbons (Fsp3) is 0.565. The lowest BCUT2D eigenvalue weighted by atomic mass is 9.93. The normalized spacial score (nSPS) is 24.8. The number of aliphatic hydroxyl groups excluding tert-OH is 2. The summed E-state index contributed by atoms with van der Waals surface area (Å²) < 4.78 is 5.53. The van der Waals surface area contributed by atoms with Crippen molar-refractivity contribution in [3.05, 3.63) is 48.2 Å². The maximum Gasteiger partial charge on any atom is 0.133 e. The molecule has 5 nitrogen and oxygen atoms in total. The number of benzene rings is 1. The van der Waals surface area contributed by atoms with E-state index in [0.29, 0.717) is 24.4 Å². The highest BCUT2D eigenvalue weighted by molar-refractivity contribution is 5.58. The Balaban J connectivity index is 1.34. The van der Waals surface area contributed by atoms with Crippen molar-refractivity contribution in [2.45, 2.75) is 19.4 Å². The number of furan rings is 1. The summed E-state index contributed by atoms with van der Waals surface area (Å²) >= 11 is 0. The molecule has 0 radical (unpaired) electrons. The van der Waals surface area contributed by atoms with E-state index in [0.717, 1.165) is 63.4 Å². The predicted octanol–water partition coefficient (Wildman–Crippen LogP) is 2.69. The molecular weight excluding hydrogens is 352 g/mol. The summed E-state index contributed by atoms with van der Waals surface area (Å²) in [5, 5.41) is 19.2. The molecule has 1 aromatic carbocycles. The third kappa shape index (κ3) is 4.66. The van der Waals surface area contributed by atoms with Crippen LogP contribution >= 0.6 is 0 Å². The predicted molar refractivity (Wildman–Crippen MR) is 110 cm³/mol. The zero-order valence-electron chi connectivity index (χ0n) is 16.5. The highest BCUT2D eigenvalue weighted by Gasteiger charge is 2.34. The van der Waals surface area contributed by atoms with E-state index in [4.69, 9.17) is 4.42 Å². The van der Waals surface area contributed by atoms with Crippen LogP contribution in [0.5, 0.6) is 0 Å². The molecule has 2 aliphatic rings. The maximum absolute atomic E-state index is 9.91. The lowest BCUT2D eigenvalue weighted by Gasteiger charge is -2.33. The molecule has 4 rings (SSSR count). The average Bonchev–Trinajstić information content (AvgIpc) is 3.39. The smallest absolute Gasteiger partial charge is 0.133 e. The number of hydrogen-bond acceptors (Lipinski definition) is 5. The second-order valence-electron chi connectivity index (χ2n) is 8.50. The first-order chi connectivity index (χ1) is 13.7. The van der Waals surface area contributed by atoms with Gasteiger partial charge in [0.05, 0.1) is 6.26 Å². The Morgan fingerprint density at radius 3 is 2.46 bits per heavy atom. The van der Waals surface area contributed by atoms with Crippen molar-refractivity contribution in [2.24, 2.45) is 17.8 Å². The minimum atomic E-state index is 0.265. The van der Waals surface area contributed by atoms with Crippen molar-refractivity contribution in [3.8, 4) is 11.3 Å². The van der Waals surface area contributed by atoms with Crippen LogP contribution < -0.4 is 0 Å². The number of rotatable bonds is 7. The van der Waals surface area contributed by atoms with Crippen molar-refractivity contribution in [1.29, 1.82) is 0 Å². The van der Waals surface area contributed by atoms with E-state index < -0.39 is 0 Å². The first-order valence-corrected chi connectivity index (χ1v) is 10.5. The van der Waals surface area contributed by atoms with Gasteiger partial charge in [-0.1, -0.05) is 18.2 Å². The monoisotopic (exact) mass is 384 g/mol. The van der Waals surface area contributed by atoms with E-state index in [1.807, 2.05) is 12.1 Å². The molecule has 0 bridgehead atoms. The Morgan fingerprint density at radius 1 is 0.929 bits per heavy atom. The fourth-order valence-corrected chi connectivity index (χ4v) is 4.79. The number of hydrogen-bond donors (Lipinski definition) is 2. The minimum Gasteiger partial charge on any atom is -0.464 e. The molecule has 2 saturated heterocycles. The van der Waals surface area contributed by atoms with Gasteiger partial charge in [0, 0.05) is 45.0 Å². The molecule has 28 heavy (non-hydrogen) atoms. The van der Waals surface area contributed by atoms with E-state index >= 15 is 0 Å². The zero-order chi connectivity index (χ0) is 19.3. The molecule has 2 atom stereocenters. The zero-order valence-corrected chi connectivity index (χ0v) is 16.5. The standard InChI is InChI=1S/C23H32N2O3/c26-16-18-6-8-24(9-7-18)13-21-14-25(15-22(21)17-27)12-19-3-1-4-20(11-19)23-5-2-10-28-23/h1-5,10-11,18,21-22,26-27H,6-9,12-17H2/t21-,22-/m1/s1. The molecule has 0 unspecified atom stereocenters. The minimum absolute atomic E-state index is 0.265. The van der Waals surface area contributed by atoms with E-state index in [9.17, 15) is 10.2 Å². The van der Waals surface area contributed by atoms with Crippen LogP contribution in [0.25, 0.3) is 11.3 Å². The van der Waals surface area contributed by atoms with Gasteiger partial charge in [0.15, 0.2) is 0 Å². The lowest BCUT2D eigenvalue weighted by Crippen LogP contribution is -2.40. The van der Waals surface area contributed by atoms with Crippen molar-refractivity contribution >= 4 is 0 Å². The molecule has 1 aromatic heterocycles. The van der Waals surface area contributed by atoms with Crippen LogP contribution in [0.4, 0.5) is 0 Å². The van der Waals surface area contributed by atoms with Gasteiger partial charge in [0.2, 0.25) is 0 Å². The van der Waals surface area contributed by atoms with E-state index in [1.165, 1.54) is 5.56 Å². The number of piperidine rings is 1. The molecule has 3 heterocycles. The van der Waals surface area contributed by atoms with E-state index in [2.05, 4.69) is 34.1 Å². The number of nitrogens with zero attached hydrogens (tertiary/aromatic N) is 2. The van der Waals surface area contributed by atoms with Gasteiger partial charge in [-0.05, 0) is 67.4 Å². The third-order valence-corrected chi connectivity index (χ3v) is 6.48. The first kappa shape index (κ1) is 19.6. The molecule has 2 aliphatic heterocycles. The molecule has 5 heteroatoms. The summed E-state index contributed by atoms with van der Waals surface area (Å²) in [6, 6.07) is 12.5. The third-order valence-electron chi connectivity index (χ3n) is 6.48. The van der Waals surface area contributed by atoms with Gasteiger partial charge in [-0.15, -0.1) is 0 Å². The molecule has 0 amide bonds. The van der Waals surface area contributed by atoms with Gasteiger partial charge in [0.25, 0.3) is 0 Å². The second-order valence-corrected chi connectivity index (χ2v) is 8.50. The molecule has 152 valence electrons. The van der Waals surface area contributed by atoms with Crippen molar-refractivity contribution in [1.82, 2.24) is 9.80 Å². The van der Waals surface area contributed by atoms with Gasteiger partial charge in [0.1, 0.15) is 5.76 Å². The summed E-state index contributed by atoms with van der Waals surface area (Å²) in [6.45, 7) is 6.70. The summed E-state index contributed by atoms with van der Waals surface area (Å²) in [4.78, 5) is 5.01. The van der Waals surface area contributed by atoms with Crippen LogP contribution in [0, 0.1) is 17.8 Å². The number of likely N-dealkylation sites (tertiary alicyclic amines) is 2. The second kappa shape index (κ2) is 9.23. The molecule has 0 aliphatic carbocycles. The van der Waals surface area contributed by atoms with Crippen LogP contribution in [0.1, 0.15) is 18.4 Å². The summed E-state index contributed by atoms with van der Waals surface area (Å²) in [5.74, 6) is 2.25. The lowest BCUT2D eigenvalue weighted by molar-refractivity contribution is 0.106. The highest BCUT2D eigenvalue weighted by Crippen LogP contribution is 2.28. The first-order valence-electron chi connectivity index (χ1n) is 10.5. The van der Waals surface area contributed by atoms with Crippen molar-refractivity contribution in [3.63, 3.8) is 0 Å². The summed E-state index contributed by atoms with van der Waals surface area (Å²) in [5.41, 5.74) is 2.40. The largest absolute Gasteiger partial charge is 0.464 e. The number of aliphatic hydroxyl groups is 2. The SMILES string of the molecule is OCC1CCN(C[C@@H]2CN(Cc3cccc(-c4ccco4)c3)C[C@@H]2CO)CC1. The summed E-state index contributed by atoms with van der Waals surface area (Å²) in [6.07, 6.45) is 3.90.